The zero-order valence-electron chi connectivity index (χ0n) is 18.9. The van der Waals surface area contributed by atoms with Gasteiger partial charge in [0, 0.05) is 22.3 Å². The van der Waals surface area contributed by atoms with Gasteiger partial charge >= 0.3 is 0 Å². The maximum absolute atomic E-state index is 12.8. The van der Waals surface area contributed by atoms with Crippen LogP contribution < -0.4 is 10.1 Å². The molecule has 5 nitrogen and oxygen atoms in total. The Morgan fingerprint density at radius 3 is 2.52 bits per heavy atom. The van der Waals surface area contributed by atoms with Crippen molar-refractivity contribution in [3.63, 3.8) is 0 Å². The summed E-state index contributed by atoms with van der Waals surface area (Å²) in [7, 11) is 0. The minimum atomic E-state index is -0.209. The standard InChI is InChI=1S/C27H26ClN3O2/c1-18-7-12-25(19(2)13-18)33-17-22-5-4-6-23(15-22)27(32)29-26-14-20(3)31(30-26)16-21-8-10-24(28)11-9-21/h4-15H,16-17H2,1-3H3,(H,29,30,32). The first-order chi connectivity index (χ1) is 15.9. The number of hydrogen-bond acceptors (Lipinski definition) is 3. The van der Waals surface area contributed by atoms with Gasteiger partial charge in [0.25, 0.3) is 5.91 Å². The molecule has 3 aromatic carbocycles. The summed E-state index contributed by atoms with van der Waals surface area (Å²) in [5, 5.41) is 8.13. The summed E-state index contributed by atoms with van der Waals surface area (Å²) in [6.45, 7) is 7.04. The third kappa shape index (κ3) is 5.82. The summed E-state index contributed by atoms with van der Waals surface area (Å²) in [4.78, 5) is 12.8. The number of aromatic nitrogens is 2. The number of nitrogens with one attached hydrogen (secondary N) is 1. The Morgan fingerprint density at radius 1 is 0.970 bits per heavy atom. The highest BCUT2D eigenvalue weighted by Gasteiger charge is 2.11. The second-order valence-corrected chi connectivity index (χ2v) is 8.60. The molecule has 0 saturated heterocycles. The van der Waals surface area contributed by atoms with Crippen LogP contribution in [-0.2, 0) is 13.2 Å². The third-order valence-corrected chi connectivity index (χ3v) is 5.63. The van der Waals surface area contributed by atoms with Gasteiger partial charge in [-0.15, -0.1) is 0 Å². The van der Waals surface area contributed by atoms with Crippen molar-refractivity contribution in [1.82, 2.24) is 9.78 Å². The van der Waals surface area contributed by atoms with Gasteiger partial charge in [-0.3, -0.25) is 9.48 Å². The molecule has 4 aromatic rings. The van der Waals surface area contributed by atoms with Crippen molar-refractivity contribution in [2.75, 3.05) is 5.32 Å². The Hall–Kier alpha value is -3.57. The first kappa shape index (κ1) is 22.6. The number of carbonyl (C=O) groups excluding carboxylic acids is 1. The SMILES string of the molecule is Cc1ccc(OCc2cccc(C(=O)Nc3cc(C)n(Cc4ccc(Cl)cc4)n3)c2)c(C)c1. The van der Waals surface area contributed by atoms with Gasteiger partial charge in [0.2, 0.25) is 0 Å². The molecule has 0 atom stereocenters. The van der Waals surface area contributed by atoms with Crippen LogP contribution in [0.5, 0.6) is 5.75 Å². The maximum atomic E-state index is 12.8. The maximum Gasteiger partial charge on any atom is 0.256 e. The molecule has 0 fully saturated rings. The smallest absolute Gasteiger partial charge is 0.256 e. The van der Waals surface area contributed by atoms with Gasteiger partial charge in [0.1, 0.15) is 12.4 Å². The van der Waals surface area contributed by atoms with E-state index in [9.17, 15) is 4.79 Å². The molecule has 6 heteroatoms. The number of benzene rings is 3. The van der Waals surface area contributed by atoms with Crippen molar-refractivity contribution >= 4 is 23.3 Å². The molecule has 0 saturated carbocycles. The molecule has 168 valence electrons. The molecule has 0 radical (unpaired) electrons. The lowest BCUT2D eigenvalue weighted by molar-refractivity contribution is 0.102. The fourth-order valence-corrected chi connectivity index (χ4v) is 3.73. The third-order valence-electron chi connectivity index (χ3n) is 5.38. The molecule has 0 unspecified atom stereocenters. The topological polar surface area (TPSA) is 56.1 Å². The first-order valence-electron chi connectivity index (χ1n) is 10.8. The Morgan fingerprint density at radius 2 is 1.76 bits per heavy atom. The number of amides is 1. The molecule has 0 aliphatic rings. The van der Waals surface area contributed by atoms with E-state index in [-0.39, 0.29) is 5.91 Å². The molecule has 1 amide bonds. The molecule has 0 bridgehead atoms. The van der Waals surface area contributed by atoms with Crippen LogP contribution in [0, 0.1) is 20.8 Å². The van der Waals surface area contributed by atoms with Crippen molar-refractivity contribution in [2.45, 2.75) is 33.9 Å². The fourth-order valence-electron chi connectivity index (χ4n) is 3.61. The number of rotatable bonds is 7. The number of hydrogen-bond donors (Lipinski definition) is 1. The van der Waals surface area contributed by atoms with E-state index in [4.69, 9.17) is 16.3 Å². The Balaban J connectivity index is 1.41. The van der Waals surface area contributed by atoms with Gasteiger partial charge in [-0.05, 0) is 67.8 Å². The number of nitrogens with zero attached hydrogens (tertiary/aromatic N) is 2. The number of aryl methyl sites for hydroxylation is 3. The predicted molar refractivity (Wildman–Crippen MR) is 132 cm³/mol. The largest absolute Gasteiger partial charge is 0.489 e. The Labute approximate surface area is 199 Å². The van der Waals surface area contributed by atoms with E-state index in [0.717, 1.165) is 28.1 Å². The molecule has 4 rings (SSSR count). The van der Waals surface area contributed by atoms with Gasteiger partial charge in [0.15, 0.2) is 5.82 Å². The van der Waals surface area contributed by atoms with E-state index in [1.165, 1.54) is 5.56 Å². The molecular formula is C27H26ClN3O2. The van der Waals surface area contributed by atoms with Crippen LogP contribution in [0.15, 0.2) is 72.8 Å². The Kier molecular flexibility index (Phi) is 6.80. The monoisotopic (exact) mass is 459 g/mol. The molecule has 1 aromatic heterocycles. The molecule has 0 spiro atoms. The summed E-state index contributed by atoms with van der Waals surface area (Å²) < 4.78 is 7.81. The highest BCUT2D eigenvalue weighted by molar-refractivity contribution is 6.30. The van der Waals surface area contributed by atoms with Gasteiger partial charge in [-0.25, -0.2) is 0 Å². The summed E-state index contributed by atoms with van der Waals surface area (Å²) >= 11 is 5.96. The van der Waals surface area contributed by atoms with Crippen LogP contribution in [0.25, 0.3) is 0 Å². The average molecular weight is 460 g/mol. The lowest BCUT2D eigenvalue weighted by atomic mass is 10.1. The van der Waals surface area contributed by atoms with Crippen LogP contribution in [-0.4, -0.2) is 15.7 Å². The molecule has 0 aliphatic heterocycles. The minimum Gasteiger partial charge on any atom is -0.489 e. The zero-order chi connectivity index (χ0) is 23.4. The van der Waals surface area contributed by atoms with Crippen LogP contribution in [0.4, 0.5) is 5.82 Å². The second-order valence-electron chi connectivity index (χ2n) is 8.17. The van der Waals surface area contributed by atoms with Crippen molar-refractivity contribution in [1.29, 1.82) is 0 Å². The fraction of sp³-hybridized carbons (Fsp3) is 0.185. The minimum absolute atomic E-state index is 0.209. The van der Waals surface area contributed by atoms with Crippen LogP contribution in [0.1, 0.15) is 38.3 Å². The van der Waals surface area contributed by atoms with Crippen molar-refractivity contribution in [3.05, 3.63) is 111 Å². The number of carbonyl (C=O) groups is 1. The van der Waals surface area contributed by atoms with Gasteiger partial charge < -0.3 is 10.1 Å². The number of anilines is 1. The lowest BCUT2D eigenvalue weighted by Crippen LogP contribution is -2.13. The molecule has 33 heavy (non-hydrogen) atoms. The lowest BCUT2D eigenvalue weighted by Gasteiger charge is -2.10. The van der Waals surface area contributed by atoms with Gasteiger partial charge in [-0.2, -0.15) is 5.10 Å². The van der Waals surface area contributed by atoms with Crippen molar-refractivity contribution in [3.8, 4) is 5.75 Å². The molecule has 1 N–H and O–H groups in total. The van der Waals surface area contributed by atoms with Crippen LogP contribution in [0.3, 0.4) is 0 Å². The van der Waals surface area contributed by atoms with E-state index >= 15 is 0 Å². The van der Waals surface area contributed by atoms with Crippen LogP contribution >= 0.6 is 11.6 Å². The van der Waals surface area contributed by atoms with E-state index in [1.54, 1.807) is 6.07 Å². The van der Waals surface area contributed by atoms with Crippen LogP contribution in [0.2, 0.25) is 5.02 Å². The average Bonchev–Trinajstić information content (AvgIpc) is 3.13. The quantitative estimate of drug-likeness (QED) is 0.350. The Bertz CT molecular complexity index is 1280. The summed E-state index contributed by atoms with van der Waals surface area (Å²) in [6, 6.07) is 23.0. The second kappa shape index (κ2) is 9.92. The van der Waals surface area contributed by atoms with E-state index < -0.39 is 0 Å². The molecule has 1 heterocycles. The zero-order valence-corrected chi connectivity index (χ0v) is 19.7. The first-order valence-corrected chi connectivity index (χ1v) is 11.1. The molecule has 0 aliphatic carbocycles. The highest BCUT2D eigenvalue weighted by atomic mass is 35.5. The van der Waals surface area contributed by atoms with Gasteiger partial charge in [0.05, 0.1) is 6.54 Å². The van der Waals surface area contributed by atoms with Crippen molar-refractivity contribution in [2.24, 2.45) is 0 Å². The normalized spacial score (nSPS) is 10.8. The van der Waals surface area contributed by atoms with Crippen molar-refractivity contribution < 1.29 is 9.53 Å². The summed E-state index contributed by atoms with van der Waals surface area (Å²) in [5.41, 5.74) is 5.81. The van der Waals surface area contributed by atoms with Gasteiger partial charge in [-0.1, -0.05) is 53.6 Å². The predicted octanol–water partition coefficient (Wildman–Crippen LogP) is 6.34. The van der Waals surface area contributed by atoms with E-state index in [0.29, 0.717) is 29.6 Å². The van der Waals surface area contributed by atoms with E-state index in [2.05, 4.69) is 23.4 Å². The molecular weight excluding hydrogens is 434 g/mol. The summed E-state index contributed by atoms with van der Waals surface area (Å²) in [6.07, 6.45) is 0. The highest BCUT2D eigenvalue weighted by Crippen LogP contribution is 2.21. The van der Waals surface area contributed by atoms with E-state index in [1.807, 2.05) is 79.2 Å². The summed E-state index contributed by atoms with van der Waals surface area (Å²) in [5.74, 6) is 1.15. The number of halogens is 1. The number of ether oxygens (including phenoxy) is 1.